The van der Waals surface area contributed by atoms with E-state index >= 15 is 0 Å². The number of carboxylic acids is 1. The Balaban J connectivity index is 3.96. The molecule has 0 aliphatic rings. The van der Waals surface area contributed by atoms with Gasteiger partial charge in [-0.3, -0.25) is 10.3 Å². The monoisotopic (exact) mass is 273 g/mol. The molecular weight excluding hydrogens is 250 g/mol. The lowest BCUT2D eigenvalue weighted by molar-refractivity contribution is -0.203. The van der Waals surface area contributed by atoms with Gasteiger partial charge in [-0.1, -0.05) is 39.7 Å². The van der Waals surface area contributed by atoms with Crippen LogP contribution in [-0.4, -0.2) is 29.8 Å². The first kappa shape index (κ1) is 17.6. The van der Waals surface area contributed by atoms with E-state index in [9.17, 15) is 9.59 Å². The van der Waals surface area contributed by atoms with Crippen molar-refractivity contribution in [3.05, 3.63) is 12.3 Å². The van der Waals surface area contributed by atoms with Crippen LogP contribution in [0, 0.1) is 0 Å². The standard InChI is InChI=1S/C13H23NO5/c1-4-6-7-8-9-18-13(12(16)17)19-14-10(3)11(15)5-2/h13-14H,3-9H2,1-2H3,(H,16,17). The van der Waals surface area contributed by atoms with E-state index in [4.69, 9.17) is 14.7 Å². The molecule has 6 heteroatoms. The highest BCUT2D eigenvalue weighted by molar-refractivity contribution is 5.93. The number of carbonyl (C=O) groups is 2. The number of carbonyl (C=O) groups excluding carboxylic acids is 1. The number of hydroxylamine groups is 1. The predicted molar refractivity (Wildman–Crippen MR) is 70.2 cm³/mol. The Morgan fingerprint density at radius 2 is 1.95 bits per heavy atom. The molecule has 0 radical (unpaired) electrons. The van der Waals surface area contributed by atoms with E-state index in [2.05, 4.69) is 19.0 Å². The number of nitrogens with one attached hydrogen (secondary N) is 1. The average molecular weight is 273 g/mol. The Labute approximate surface area is 113 Å². The predicted octanol–water partition coefficient (Wildman–Crippen LogP) is 2.01. The number of allylic oxidation sites excluding steroid dienone is 1. The average Bonchev–Trinajstić information content (AvgIpc) is 2.40. The zero-order chi connectivity index (χ0) is 14.7. The highest BCUT2D eigenvalue weighted by Gasteiger charge is 2.20. The molecule has 0 heterocycles. The lowest BCUT2D eigenvalue weighted by Crippen LogP contribution is -2.34. The van der Waals surface area contributed by atoms with E-state index < -0.39 is 12.3 Å². The maximum absolute atomic E-state index is 11.2. The summed E-state index contributed by atoms with van der Waals surface area (Å²) in [7, 11) is 0. The summed E-state index contributed by atoms with van der Waals surface area (Å²) in [6.07, 6.45) is 2.77. The van der Waals surface area contributed by atoms with Crippen LogP contribution in [0.15, 0.2) is 12.3 Å². The summed E-state index contributed by atoms with van der Waals surface area (Å²) >= 11 is 0. The van der Waals surface area contributed by atoms with Gasteiger partial charge in [-0.05, 0) is 6.42 Å². The van der Waals surface area contributed by atoms with Crippen LogP contribution in [-0.2, 0) is 19.2 Å². The molecule has 0 aromatic rings. The Morgan fingerprint density at radius 3 is 2.47 bits per heavy atom. The molecule has 0 aromatic carbocycles. The van der Waals surface area contributed by atoms with Crippen molar-refractivity contribution in [1.29, 1.82) is 0 Å². The minimum atomic E-state index is -1.44. The molecular formula is C13H23NO5. The van der Waals surface area contributed by atoms with Gasteiger partial charge >= 0.3 is 5.97 Å². The van der Waals surface area contributed by atoms with Gasteiger partial charge in [0.05, 0.1) is 12.3 Å². The summed E-state index contributed by atoms with van der Waals surface area (Å²) in [5.41, 5.74) is 2.23. The Kier molecular flexibility index (Phi) is 9.74. The van der Waals surface area contributed by atoms with Crippen molar-refractivity contribution >= 4 is 11.8 Å². The van der Waals surface area contributed by atoms with Crippen LogP contribution in [0.5, 0.6) is 0 Å². The molecule has 1 unspecified atom stereocenters. The second-order valence-electron chi connectivity index (χ2n) is 4.08. The van der Waals surface area contributed by atoms with Crippen molar-refractivity contribution in [1.82, 2.24) is 5.48 Å². The highest BCUT2D eigenvalue weighted by Crippen LogP contribution is 2.02. The maximum Gasteiger partial charge on any atom is 0.363 e. The molecule has 0 saturated carbocycles. The van der Waals surface area contributed by atoms with Crippen LogP contribution in [0.25, 0.3) is 0 Å². The first-order valence-corrected chi connectivity index (χ1v) is 6.51. The van der Waals surface area contributed by atoms with Gasteiger partial charge in [-0.2, -0.15) is 0 Å². The molecule has 2 N–H and O–H groups in total. The first-order chi connectivity index (χ1) is 9.02. The fraction of sp³-hybridized carbons (Fsp3) is 0.692. The topological polar surface area (TPSA) is 84.9 Å². The third kappa shape index (κ3) is 8.34. The molecule has 0 saturated heterocycles. The van der Waals surface area contributed by atoms with E-state index in [1.807, 2.05) is 0 Å². The fourth-order valence-electron chi connectivity index (χ4n) is 1.27. The van der Waals surface area contributed by atoms with E-state index in [1.54, 1.807) is 6.92 Å². The molecule has 0 aliphatic carbocycles. The summed E-state index contributed by atoms with van der Waals surface area (Å²) < 4.78 is 5.08. The van der Waals surface area contributed by atoms with Gasteiger partial charge in [-0.15, -0.1) is 0 Å². The Hall–Kier alpha value is -1.40. The van der Waals surface area contributed by atoms with Gasteiger partial charge < -0.3 is 9.84 Å². The molecule has 1 atom stereocenters. The summed E-state index contributed by atoms with van der Waals surface area (Å²) in [6.45, 7) is 7.50. The number of ether oxygens (including phenoxy) is 1. The van der Waals surface area contributed by atoms with Gasteiger partial charge in [-0.25, -0.2) is 9.63 Å². The molecule has 19 heavy (non-hydrogen) atoms. The van der Waals surface area contributed by atoms with E-state index in [0.29, 0.717) is 6.61 Å². The second-order valence-corrected chi connectivity index (χ2v) is 4.08. The van der Waals surface area contributed by atoms with Gasteiger partial charge in [0.1, 0.15) is 0 Å². The molecule has 110 valence electrons. The molecule has 0 rings (SSSR count). The number of rotatable bonds is 12. The zero-order valence-electron chi connectivity index (χ0n) is 11.6. The number of Topliss-reactive ketones (excluding diaryl/α,β-unsaturated/α-hetero) is 1. The third-order valence-corrected chi connectivity index (χ3v) is 2.42. The summed E-state index contributed by atoms with van der Waals surface area (Å²) in [5, 5.41) is 8.88. The second kappa shape index (κ2) is 10.5. The number of hydrogen-bond donors (Lipinski definition) is 2. The molecule has 0 amide bonds. The number of aliphatic carboxylic acids is 1. The van der Waals surface area contributed by atoms with E-state index in [0.717, 1.165) is 25.7 Å². The number of carboxylic acid groups (broad SMARTS) is 1. The van der Waals surface area contributed by atoms with Crippen LogP contribution in [0.3, 0.4) is 0 Å². The van der Waals surface area contributed by atoms with Crippen LogP contribution in [0.1, 0.15) is 46.0 Å². The summed E-state index contributed by atoms with van der Waals surface area (Å²) in [4.78, 5) is 26.9. The lowest BCUT2D eigenvalue weighted by Gasteiger charge is -2.15. The van der Waals surface area contributed by atoms with Crippen molar-refractivity contribution in [3.63, 3.8) is 0 Å². The highest BCUT2D eigenvalue weighted by atomic mass is 16.8. The van der Waals surface area contributed by atoms with Gasteiger partial charge in [0, 0.05) is 6.42 Å². The van der Waals surface area contributed by atoms with E-state index in [-0.39, 0.29) is 17.9 Å². The first-order valence-electron chi connectivity index (χ1n) is 6.51. The van der Waals surface area contributed by atoms with Crippen LogP contribution < -0.4 is 5.48 Å². The SMILES string of the molecule is C=C(NOC(OCCCCCC)C(=O)O)C(=O)CC. The third-order valence-electron chi connectivity index (χ3n) is 2.42. The van der Waals surface area contributed by atoms with Crippen molar-refractivity contribution in [2.75, 3.05) is 6.61 Å². The van der Waals surface area contributed by atoms with Crippen molar-refractivity contribution < 1.29 is 24.3 Å². The zero-order valence-corrected chi connectivity index (χ0v) is 11.6. The maximum atomic E-state index is 11.2. The largest absolute Gasteiger partial charge is 0.477 e. The van der Waals surface area contributed by atoms with Crippen molar-refractivity contribution in [2.45, 2.75) is 52.2 Å². The van der Waals surface area contributed by atoms with Crippen molar-refractivity contribution in [3.8, 4) is 0 Å². The summed E-state index contributed by atoms with van der Waals surface area (Å²) in [5.74, 6) is -1.49. The fourth-order valence-corrected chi connectivity index (χ4v) is 1.27. The molecule has 0 bridgehead atoms. The molecule has 6 nitrogen and oxygen atoms in total. The normalized spacial score (nSPS) is 11.9. The molecule has 0 aliphatic heterocycles. The smallest absolute Gasteiger partial charge is 0.363 e. The summed E-state index contributed by atoms with van der Waals surface area (Å²) in [6, 6.07) is 0. The minimum absolute atomic E-state index is 0.0170. The van der Waals surface area contributed by atoms with Gasteiger partial charge in [0.25, 0.3) is 6.29 Å². The van der Waals surface area contributed by atoms with Gasteiger partial charge in [0.2, 0.25) is 0 Å². The van der Waals surface area contributed by atoms with Crippen molar-refractivity contribution in [2.24, 2.45) is 0 Å². The van der Waals surface area contributed by atoms with Crippen LogP contribution in [0.4, 0.5) is 0 Å². The minimum Gasteiger partial charge on any atom is -0.477 e. The molecule has 0 spiro atoms. The lowest BCUT2D eigenvalue weighted by atomic mass is 10.2. The quantitative estimate of drug-likeness (QED) is 0.245. The number of ketones is 1. The number of unbranched alkanes of at least 4 members (excludes halogenated alkanes) is 3. The van der Waals surface area contributed by atoms with E-state index in [1.165, 1.54) is 0 Å². The van der Waals surface area contributed by atoms with Gasteiger partial charge in [0.15, 0.2) is 5.78 Å². The van der Waals surface area contributed by atoms with Crippen LogP contribution in [0.2, 0.25) is 0 Å². The number of hydrogen-bond acceptors (Lipinski definition) is 5. The van der Waals surface area contributed by atoms with Crippen LogP contribution >= 0.6 is 0 Å². The molecule has 0 fully saturated rings. The Morgan fingerprint density at radius 1 is 1.26 bits per heavy atom. The Bertz CT molecular complexity index is 303. The molecule has 0 aromatic heterocycles.